The minimum Gasteiger partial charge on any atom is -0.366 e. The number of hydrogen-bond donors (Lipinski definition) is 1. The van der Waals surface area contributed by atoms with Gasteiger partial charge in [0.25, 0.3) is 0 Å². The highest BCUT2D eigenvalue weighted by molar-refractivity contribution is 9.10. The summed E-state index contributed by atoms with van der Waals surface area (Å²) < 4.78 is 2.81. The van der Waals surface area contributed by atoms with Crippen molar-refractivity contribution in [2.45, 2.75) is 73.3 Å². The second-order valence-corrected chi connectivity index (χ2v) is 8.98. The van der Waals surface area contributed by atoms with Crippen LogP contribution in [0.2, 0.25) is 0 Å². The Hall–Kier alpha value is -2.51. The quantitative estimate of drug-likeness (QED) is 0.288. The molecular weight excluding hydrogens is 524 g/mol. The van der Waals surface area contributed by atoms with E-state index in [-0.39, 0.29) is 0 Å². The summed E-state index contributed by atoms with van der Waals surface area (Å²) in [6, 6.07) is 6.22. The highest BCUT2D eigenvalue weighted by atomic mass is 79.9. The first-order valence-electron chi connectivity index (χ1n) is 13.5. The molecule has 0 saturated carbocycles. The van der Waals surface area contributed by atoms with Gasteiger partial charge in [0.1, 0.15) is 5.82 Å². The van der Waals surface area contributed by atoms with Crippen molar-refractivity contribution in [3.8, 4) is 0 Å². The van der Waals surface area contributed by atoms with Crippen LogP contribution in [0.5, 0.6) is 0 Å². The maximum absolute atomic E-state index is 4.98. The highest BCUT2D eigenvalue weighted by Gasteiger charge is 2.24. The molecule has 0 radical (unpaired) electrons. The van der Waals surface area contributed by atoms with Crippen LogP contribution in [0, 0.1) is 5.92 Å². The highest BCUT2D eigenvalue weighted by Crippen LogP contribution is 2.30. The molecule has 1 saturated heterocycles. The fraction of sp³-hybridized carbons (Fsp3) is 0.500. The van der Waals surface area contributed by atoms with Gasteiger partial charge in [0.15, 0.2) is 5.65 Å². The molecule has 1 N–H and O–H groups in total. The number of likely N-dealkylation sites (tertiary alicyclic amines) is 1. The summed E-state index contributed by atoms with van der Waals surface area (Å²) in [6.07, 6.45) is 9.15. The maximum Gasteiger partial charge on any atom is 0.171 e. The second-order valence-electron chi connectivity index (χ2n) is 8.12. The van der Waals surface area contributed by atoms with E-state index in [2.05, 4.69) is 88.5 Å². The zero-order valence-electron chi connectivity index (χ0n) is 24.0. The molecule has 0 bridgehead atoms. The van der Waals surface area contributed by atoms with E-state index in [1.165, 1.54) is 32.4 Å². The molecule has 2 unspecified atom stereocenters. The molecule has 3 aromatic rings. The first-order valence-corrected chi connectivity index (χ1v) is 14.3. The molecule has 3 aromatic heterocycles. The van der Waals surface area contributed by atoms with E-state index < -0.39 is 0 Å². The molecule has 2 atom stereocenters. The number of pyridine rings is 1. The number of fused-ring (bicyclic) bond motifs is 1. The van der Waals surface area contributed by atoms with Crippen molar-refractivity contribution in [2.24, 2.45) is 5.92 Å². The molecule has 0 amide bonds. The molecule has 4 rings (SSSR count). The summed E-state index contributed by atoms with van der Waals surface area (Å²) in [6.45, 7) is 28.8. The van der Waals surface area contributed by atoms with Gasteiger partial charge in [-0.2, -0.15) is 9.61 Å². The third-order valence-electron chi connectivity index (χ3n) is 5.84. The van der Waals surface area contributed by atoms with Crippen molar-refractivity contribution in [3.05, 3.63) is 78.8 Å². The maximum atomic E-state index is 4.98. The zero-order valence-corrected chi connectivity index (χ0v) is 25.6. The van der Waals surface area contributed by atoms with Crippen LogP contribution in [0.3, 0.4) is 0 Å². The van der Waals surface area contributed by atoms with Crippen molar-refractivity contribution in [1.82, 2.24) is 24.5 Å². The first-order chi connectivity index (χ1) is 18.1. The Morgan fingerprint density at radius 1 is 1.14 bits per heavy atom. The molecule has 206 valence electrons. The third-order valence-corrected chi connectivity index (χ3v) is 6.39. The van der Waals surface area contributed by atoms with E-state index in [0.29, 0.717) is 12.5 Å². The summed E-state index contributed by atoms with van der Waals surface area (Å²) in [4.78, 5) is 11.8. The number of nitrogens with one attached hydrogen (secondary N) is 1. The lowest BCUT2D eigenvalue weighted by atomic mass is 9.93. The first kappa shape index (κ1) is 34.5. The van der Waals surface area contributed by atoms with E-state index in [9.17, 15) is 0 Å². The van der Waals surface area contributed by atoms with Crippen LogP contribution in [-0.2, 0) is 6.54 Å². The van der Waals surface area contributed by atoms with Crippen LogP contribution in [0.15, 0.2) is 67.6 Å². The Balaban J connectivity index is 0.00000148. The normalized spacial score (nSPS) is 15.3. The van der Waals surface area contributed by atoms with Crippen molar-refractivity contribution < 1.29 is 0 Å². The fourth-order valence-electron chi connectivity index (χ4n) is 4.02. The van der Waals surface area contributed by atoms with E-state index in [0.717, 1.165) is 39.7 Å². The molecule has 1 aliphatic rings. The van der Waals surface area contributed by atoms with Crippen LogP contribution in [-0.4, -0.2) is 44.1 Å². The SMILES string of the molecule is C=C.C=C.CC.CC.CCC(C)CN1CCCC(c2cc(NCc3cccnc3)n3ncc(Br)c3n2)C1. The summed E-state index contributed by atoms with van der Waals surface area (Å²) in [7, 11) is 0. The van der Waals surface area contributed by atoms with Gasteiger partial charge in [-0.15, -0.1) is 26.3 Å². The van der Waals surface area contributed by atoms with Crippen molar-refractivity contribution in [3.63, 3.8) is 0 Å². The third kappa shape index (κ3) is 10.8. The van der Waals surface area contributed by atoms with E-state index >= 15 is 0 Å². The average Bonchev–Trinajstić information content (AvgIpc) is 3.37. The van der Waals surface area contributed by atoms with Gasteiger partial charge < -0.3 is 10.2 Å². The molecule has 7 heteroatoms. The average molecular weight is 574 g/mol. The molecule has 0 aliphatic carbocycles. The van der Waals surface area contributed by atoms with E-state index in [4.69, 9.17) is 4.98 Å². The molecule has 6 nitrogen and oxygen atoms in total. The van der Waals surface area contributed by atoms with E-state index in [1.807, 2.05) is 50.7 Å². The monoisotopic (exact) mass is 572 g/mol. The van der Waals surface area contributed by atoms with E-state index in [1.54, 1.807) is 6.20 Å². The Morgan fingerprint density at radius 2 is 1.84 bits per heavy atom. The molecule has 1 fully saturated rings. The number of anilines is 1. The second kappa shape index (κ2) is 20.5. The van der Waals surface area contributed by atoms with Gasteiger partial charge in [0, 0.05) is 44.0 Å². The van der Waals surface area contributed by atoms with Gasteiger partial charge in [-0.25, -0.2) is 4.98 Å². The van der Waals surface area contributed by atoms with Crippen molar-refractivity contribution in [1.29, 1.82) is 0 Å². The Bertz CT molecular complexity index is 973. The molecule has 4 heterocycles. The predicted molar refractivity (Wildman–Crippen MR) is 165 cm³/mol. The molecule has 1 aliphatic heterocycles. The standard InChI is InChI=1S/C22H29BrN6.2C2H6.2C2H4/c1-3-16(2)14-28-9-5-7-18(15-28)20-10-21(25-12-17-6-4-8-24-11-17)29-22(27-20)19(23)13-26-29;4*1-2/h4,6,8,10-11,13,16,18,25H,3,5,7,9,12,14-15H2,1-2H3;2*1-2H3;2*1-2H2. The largest absolute Gasteiger partial charge is 0.366 e. The summed E-state index contributed by atoms with van der Waals surface area (Å²) in [5, 5.41) is 8.04. The molecule has 0 spiro atoms. The van der Waals surface area contributed by atoms with Crippen LogP contribution in [0.1, 0.15) is 78.0 Å². The Labute approximate surface area is 234 Å². The molecule has 37 heavy (non-hydrogen) atoms. The van der Waals surface area contributed by atoms with Crippen LogP contribution < -0.4 is 5.32 Å². The van der Waals surface area contributed by atoms with Crippen LogP contribution in [0.4, 0.5) is 5.82 Å². The topological polar surface area (TPSA) is 58.4 Å². The van der Waals surface area contributed by atoms with Gasteiger partial charge in [-0.05, 0) is 52.9 Å². The van der Waals surface area contributed by atoms with Gasteiger partial charge >= 0.3 is 0 Å². The lowest BCUT2D eigenvalue weighted by Crippen LogP contribution is -2.37. The summed E-state index contributed by atoms with van der Waals surface area (Å²) in [5.41, 5.74) is 3.17. The predicted octanol–water partition coefficient (Wildman–Crippen LogP) is 8.38. The smallest absolute Gasteiger partial charge is 0.171 e. The van der Waals surface area contributed by atoms with Gasteiger partial charge in [-0.3, -0.25) is 4.98 Å². The van der Waals surface area contributed by atoms with Gasteiger partial charge in [0.2, 0.25) is 0 Å². The van der Waals surface area contributed by atoms with Crippen molar-refractivity contribution in [2.75, 3.05) is 25.0 Å². The summed E-state index contributed by atoms with van der Waals surface area (Å²) >= 11 is 3.62. The Kier molecular flexibility index (Phi) is 19.1. The molecule has 0 aromatic carbocycles. The minimum absolute atomic E-state index is 0.457. The number of hydrogen-bond acceptors (Lipinski definition) is 5. The zero-order chi connectivity index (χ0) is 28.2. The lowest BCUT2D eigenvalue weighted by Gasteiger charge is -2.34. The number of rotatable bonds is 7. The minimum atomic E-state index is 0.457. The summed E-state index contributed by atoms with van der Waals surface area (Å²) in [5.74, 6) is 2.17. The van der Waals surface area contributed by atoms with Crippen molar-refractivity contribution >= 4 is 27.4 Å². The van der Waals surface area contributed by atoms with Crippen LogP contribution >= 0.6 is 15.9 Å². The van der Waals surface area contributed by atoms with Gasteiger partial charge in [0.05, 0.1) is 16.4 Å². The number of piperidine rings is 1. The fourth-order valence-corrected chi connectivity index (χ4v) is 4.37. The van der Waals surface area contributed by atoms with Crippen LogP contribution in [0.25, 0.3) is 5.65 Å². The lowest BCUT2D eigenvalue weighted by molar-refractivity contribution is 0.180. The molecular formula is C30H49BrN6. The number of aromatic nitrogens is 4. The Morgan fingerprint density at radius 3 is 2.46 bits per heavy atom. The number of nitrogens with zero attached hydrogens (tertiary/aromatic N) is 5. The number of halogens is 1. The van der Waals surface area contributed by atoms with Gasteiger partial charge in [-0.1, -0.05) is 54.0 Å².